The molecule has 4 rings (SSSR count). The quantitative estimate of drug-likeness (QED) is 0.813. The van der Waals surface area contributed by atoms with E-state index in [9.17, 15) is 8.42 Å². The number of fused-ring (bicyclic) bond motifs is 1. The van der Waals surface area contributed by atoms with E-state index < -0.39 is 10.2 Å². The van der Waals surface area contributed by atoms with Crippen molar-refractivity contribution in [3.63, 3.8) is 0 Å². The van der Waals surface area contributed by atoms with Crippen molar-refractivity contribution in [1.29, 1.82) is 0 Å². The van der Waals surface area contributed by atoms with Gasteiger partial charge in [0, 0.05) is 37.6 Å². The summed E-state index contributed by atoms with van der Waals surface area (Å²) in [7, 11) is -1.15. The Hall–Kier alpha value is -0.950. The largest absolute Gasteiger partial charge is 0.301 e. The second kappa shape index (κ2) is 7.58. The summed E-state index contributed by atoms with van der Waals surface area (Å²) in [5.74, 6) is 0.411. The van der Waals surface area contributed by atoms with E-state index in [2.05, 4.69) is 42.3 Å². The molecule has 1 aromatic rings. The molecule has 3 aliphatic heterocycles. The number of piperidine rings is 1. The maximum Gasteiger partial charge on any atom is 0.282 e. The molecule has 0 radical (unpaired) electrons. The minimum atomic E-state index is -3.34. The number of hydrogen-bond acceptors (Lipinski definition) is 3. The molecule has 3 saturated heterocycles. The molecule has 0 spiro atoms. The van der Waals surface area contributed by atoms with E-state index in [-0.39, 0.29) is 12.1 Å². The maximum absolute atomic E-state index is 13.3. The van der Waals surface area contributed by atoms with Gasteiger partial charge in [0.15, 0.2) is 0 Å². The van der Waals surface area contributed by atoms with Gasteiger partial charge in [-0.05, 0) is 51.3 Å². The highest BCUT2D eigenvalue weighted by Gasteiger charge is 2.47. The first kappa shape index (κ1) is 18.4. The molecule has 0 aliphatic carbocycles. The van der Waals surface area contributed by atoms with Crippen molar-refractivity contribution < 1.29 is 8.42 Å². The van der Waals surface area contributed by atoms with Crippen molar-refractivity contribution in [3.8, 4) is 0 Å². The number of benzene rings is 1. The molecule has 144 valence electrons. The lowest BCUT2D eigenvalue weighted by atomic mass is 9.80. The Labute approximate surface area is 158 Å². The Morgan fingerprint density at radius 1 is 0.885 bits per heavy atom. The molecule has 0 amide bonds. The van der Waals surface area contributed by atoms with Gasteiger partial charge in [-0.3, -0.25) is 0 Å². The third-order valence-electron chi connectivity index (χ3n) is 6.52. The van der Waals surface area contributed by atoms with Crippen molar-refractivity contribution in [3.05, 3.63) is 35.9 Å². The van der Waals surface area contributed by atoms with Crippen LogP contribution in [0.5, 0.6) is 0 Å². The molecule has 0 unspecified atom stereocenters. The lowest BCUT2D eigenvalue weighted by Crippen LogP contribution is -2.60. The predicted octanol–water partition coefficient (Wildman–Crippen LogP) is 2.67. The summed E-state index contributed by atoms with van der Waals surface area (Å²) in [6.45, 7) is 3.08. The number of rotatable bonds is 3. The second-order valence-electron chi connectivity index (χ2n) is 8.06. The van der Waals surface area contributed by atoms with Gasteiger partial charge in [-0.25, -0.2) is 0 Å². The normalized spacial score (nSPS) is 32.3. The molecule has 3 aliphatic rings. The van der Waals surface area contributed by atoms with Crippen molar-refractivity contribution in [2.75, 3.05) is 33.2 Å². The smallest absolute Gasteiger partial charge is 0.282 e. The Balaban J connectivity index is 1.67. The molecule has 1 aromatic carbocycles. The second-order valence-corrected chi connectivity index (χ2v) is 9.95. The van der Waals surface area contributed by atoms with Crippen LogP contribution in [0, 0.1) is 0 Å². The third-order valence-corrected chi connectivity index (χ3v) is 8.59. The molecular formula is C20H31N3O2S. The zero-order chi connectivity index (χ0) is 18.1. The van der Waals surface area contributed by atoms with Gasteiger partial charge in [0.1, 0.15) is 0 Å². The van der Waals surface area contributed by atoms with E-state index >= 15 is 0 Å². The SMILES string of the molecule is CN1CCCC[C@@H]2[C@H]1[C@@H](c1ccccc1)CCN2S(=O)(=O)N1CCCC1. The molecule has 5 nitrogen and oxygen atoms in total. The molecule has 3 atom stereocenters. The highest BCUT2D eigenvalue weighted by atomic mass is 32.2. The molecule has 0 saturated carbocycles. The van der Waals surface area contributed by atoms with Crippen LogP contribution in [-0.2, 0) is 10.2 Å². The first-order valence-electron chi connectivity index (χ1n) is 10.1. The number of likely N-dealkylation sites (N-methyl/N-ethyl adjacent to an activating group) is 1. The van der Waals surface area contributed by atoms with Crippen molar-refractivity contribution >= 4 is 10.2 Å². The standard InChI is InChI=1S/C20H31N3O2S/c1-21-13-6-5-11-19-20(21)18(17-9-3-2-4-10-17)12-16-23(19)26(24,25)22-14-7-8-15-22/h2-4,9-10,18-20H,5-8,11-16H2,1H3/t18-,19-,20-/m1/s1. The number of hydrogen-bond donors (Lipinski definition) is 0. The monoisotopic (exact) mass is 377 g/mol. The molecule has 26 heavy (non-hydrogen) atoms. The Morgan fingerprint density at radius 3 is 2.31 bits per heavy atom. The van der Waals surface area contributed by atoms with Gasteiger partial charge in [0.25, 0.3) is 10.2 Å². The van der Waals surface area contributed by atoms with Crippen LogP contribution >= 0.6 is 0 Å². The fraction of sp³-hybridized carbons (Fsp3) is 0.700. The summed E-state index contributed by atoms with van der Waals surface area (Å²) < 4.78 is 30.3. The molecule has 0 N–H and O–H groups in total. The molecular weight excluding hydrogens is 346 g/mol. The molecule has 3 heterocycles. The third kappa shape index (κ3) is 3.33. The Bertz CT molecular complexity index is 703. The number of nitrogens with zero attached hydrogens (tertiary/aromatic N) is 3. The summed E-state index contributed by atoms with van der Waals surface area (Å²) >= 11 is 0. The fourth-order valence-corrected chi connectivity index (χ4v) is 7.16. The molecule has 0 bridgehead atoms. The van der Waals surface area contributed by atoms with Gasteiger partial charge in [0.05, 0.1) is 0 Å². The zero-order valence-electron chi connectivity index (χ0n) is 15.8. The molecule has 3 fully saturated rings. The van der Waals surface area contributed by atoms with Gasteiger partial charge >= 0.3 is 0 Å². The first-order valence-corrected chi connectivity index (χ1v) is 11.5. The highest BCUT2D eigenvalue weighted by molar-refractivity contribution is 7.86. The summed E-state index contributed by atoms with van der Waals surface area (Å²) in [4.78, 5) is 2.43. The average Bonchev–Trinajstić information content (AvgIpc) is 3.14. The van der Waals surface area contributed by atoms with Gasteiger partial charge < -0.3 is 4.90 Å². The molecule has 6 heteroatoms. The van der Waals surface area contributed by atoms with Crippen molar-refractivity contribution in [2.24, 2.45) is 0 Å². The van der Waals surface area contributed by atoms with E-state index in [0.29, 0.717) is 25.6 Å². The van der Waals surface area contributed by atoms with Crippen molar-refractivity contribution in [1.82, 2.24) is 13.5 Å². The van der Waals surface area contributed by atoms with Crippen LogP contribution in [0.4, 0.5) is 0 Å². The Morgan fingerprint density at radius 2 is 1.58 bits per heavy atom. The van der Waals surface area contributed by atoms with Gasteiger partial charge in [-0.1, -0.05) is 36.8 Å². The van der Waals surface area contributed by atoms with Crippen LogP contribution in [0.25, 0.3) is 0 Å². The van der Waals surface area contributed by atoms with E-state index in [4.69, 9.17) is 0 Å². The van der Waals surface area contributed by atoms with E-state index in [0.717, 1.165) is 45.1 Å². The maximum atomic E-state index is 13.3. The van der Waals surface area contributed by atoms with Gasteiger partial charge in [-0.15, -0.1) is 0 Å². The fourth-order valence-electron chi connectivity index (χ4n) is 5.24. The zero-order valence-corrected chi connectivity index (χ0v) is 16.6. The number of likely N-dealkylation sites (tertiary alicyclic amines) is 1. The van der Waals surface area contributed by atoms with Crippen LogP contribution in [0.3, 0.4) is 0 Å². The first-order chi connectivity index (χ1) is 12.6. The predicted molar refractivity (Wildman–Crippen MR) is 104 cm³/mol. The van der Waals surface area contributed by atoms with E-state index in [1.165, 1.54) is 5.56 Å². The minimum absolute atomic E-state index is 0.0899. The van der Waals surface area contributed by atoms with Gasteiger partial charge in [0.2, 0.25) is 0 Å². The van der Waals surface area contributed by atoms with E-state index in [1.807, 2.05) is 4.31 Å². The van der Waals surface area contributed by atoms with Crippen LogP contribution in [0.1, 0.15) is 50.0 Å². The molecule has 0 aromatic heterocycles. The average molecular weight is 378 g/mol. The van der Waals surface area contributed by atoms with Gasteiger partial charge in [-0.2, -0.15) is 17.0 Å². The highest BCUT2D eigenvalue weighted by Crippen LogP contribution is 2.40. The lowest BCUT2D eigenvalue weighted by Gasteiger charge is -2.48. The summed E-state index contributed by atoms with van der Waals surface area (Å²) in [6.07, 6.45) is 6.14. The lowest BCUT2D eigenvalue weighted by molar-refractivity contribution is 0.0903. The van der Waals surface area contributed by atoms with Crippen LogP contribution in [0.15, 0.2) is 30.3 Å². The summed E-state index contributed by atoms with van der Waals surface area (Å²) in [6, 6.07) is 11.1. The summed E-state index contributed by atoms with van der Waals surface area (Å²) in [5.41, 5.74) is 1.36. The topological polar surface area (TPSA) is 43.9 Å². The Kier molecular flexibility index (Phi) is 5.37. The van der Waals surface area contributed by atoms with Crippen LogP contribution in [-0.4, -0.2) is 67.2 Å². The van der Waals surface area contributed by atoms with Crippen LogP contribution in [0.2, 0.25) is 0 Å². The van der Waals surface area contributed by atoms with Crippen LogP contribution < -0.4 is 0 Å². The van der Waals surface area contributed by atoms with Crippen molar-refractivity contribution in [2.45, 2.75) is 56.5 Å². The van der Waals surface area contributed by atoms with E-state index in [1.54, 1.807) is 4.31 Å². The minimum Gasteiger partial charge on any atom is -0.301 e. The summed E-state index contributed by atoms with van der Waals surface area (Å²) in [5, 5.41) is 0.